The molecule has 0 aromatic heterocycles. The van der Waals surface area contributed by atoms with Crippen molar-refractivity contribution in [3.8, 4) is 0 Å². The van der Waals surface area contributed by atoms with Crippen LogP contribution in [0.3, 0.4) is 0 Å². The van der Waals surface area contributed by atoms with E-state index in [9.17, 15) is 0 Å². The van der Waals surface area contributed by atoms with Crippen LogP contribution in [-0.4, -0.2) is 34.2 Å². The maximum atomic E-state index is 9.02. The summed E-state index contributed by atoms with van der Waals surface area (Å²) >= 11 is 11.3. The van der Waals surface area contributed by atoms with Crippen LogP contribution >= 0.6 is 23.8 Å². The fourth-order valence-corrected chi connectivity index (χ4v) is 2.83. The molecule has 20 heavy (non-hydrogen) atoms. The van der Waals surface area contributed by atoms with Gasteiger partial charge in [-0.05, 0) is 30.9 Å². The molecule has 0 spiro atoms. The Morgan fingerprint density at radius 1 is 1.45 bits per heavy atom. The molecule has 1 saturated carbocycles. The van der Waals surface area contributed by atoms with Crippen molar-refractivity contribution < 1.29 is 5.11 Å². The SMILES string of the molecule is NC(=S)c1ccc(CN(CCCO)C2CCC2)c(Cl)c1. The molecule has 1 aromatic carbocycles. The van der Waals surface area contributed by atoms with E-state index in [0.29, 0.717) is 16.1 Å². The molecule has 110 valence electrons. The van der Waals surface area contributed by atoms with Gasteiger partial charge in [0, 0.05) is 36.3 Å². The Morgan fingerprint density at radius 3 is 2.70 bits per heavy atom. The zero-order valence-corrected chi connectivity index (χ0v) is 13.1. The number of halogens is 1. The molecule has 0 aliphatic heterocycles. The fourth-order valence-electron chi connectivity index (χ4n) is 2.46. The van der Waals surface area contributed by atoms with Gasteiger partial charge in [0.05, 0.1) is 0 Å². The molecule has 1 aromatic rings. The molecule has 0 unspecified atom stereocenters. The number of thiocarbonyl (C=S) groups is 1. The third-order valence-electron chi connectivity index (χ3n) is 3.91. The van der Waals surface area contributed by atoms with Crippen molar-refractivity contribution in [3.05, 3.63) is 34.3 Å². The second-order valence-corrected chi connectivity index (χ2v) is 6.15. The van der Waals surface area contributed by atoms with E-state index in [1.54, 1.807) is 0 Å². The Morgan fingerprint density at radius 2 is 2.20 bits per heavy atom. The summed E-state index contributed by atoms with van der Waals surface area (Å²) in [5, 5.41) is 9.74. The first kappa shape index (κ1) is 15.7. The van der Waals surface area contributed by atoms with Gasteiger partial charge in [-0.1, -0.05) is 42.4 Å². The van der Waals surface area contributed by atoms with E-state index in [1.165, 1.54) is 19.3 Å². The quantitative estimate of drug-likeness (QED) is 0.760. The number of hydrogen-bond donors (Lipinski definition) is 2. The Bertz CT molecular complexity index is 477. The van der Waals surface area contributed by atoms with Gasteiger partial charge in [0.2, 0.25) is 0 Å². The van der Waals surface area contributed by atoms with Crippen molar-refractivity contribution in [2.75, 3.05) is 13.2 Å². The lowest BCUT2D eigenvalue weighted by atomic mass is 9.91. The lowest BCUT2D eigenvalue weighted by Gasteiger charge is -2.37. The summed E-state index contributed by atoms with van der Waals surface area (Å²) in [4.78, 5) is 2.79. The molecule has 0 atom stereocenters. The molecule has 3 nitrogen and oxygen atoms in total. The third kappa shape index (κ3) is 3.92. The van der Waals surface area contributed by atoms with Gasteiger partial charge < -0.3 is 10.8 Å². The molecule has 0 heterocycles. The van der Waals surface area contributed by atoms with E-state index < -0.39 is 0 Å². The Balaban J connectivity index is 2.07. The zero-order valence-electron chi connectivity index (χ0n) is 11.5. The summed E-state index contributed by atoms with van der Waals surface area (Å²) in [6.07, 6.45) is 4.59. The molecule has 3 N–H and O–H groups in total. The fraction of sp³-hybridized carbons (Fsp3) is 0.533. The van der Waals surface area contributed by atoms with Crippen LogP contribution in [0, 0.1) is 0 Å². The summed E-state index contributed by atoms with van der Waals surface area (Å²) in [6, 6.07) is 6.40. The van der Waals surface area contributed by atoms with Crippen molar-refractivity contribution in [2.24, 2.45) is 5.73 Å². The van der Waals surface area contributed by atoms with Crippen LogP contribution in [0.4, 0.5) is 0 Å². The number of nitrogens with zero attached hydrogens (tertiary/aromatic N) is 1. The second-order valence-electron chi connectivity index (χ2n) is 5.30. The van der Waals surface area contributed by atoms with E-state index in [1.807, 2.05) is 18.2 Å². The zero-order chi connectivity index (χ0) is 14.5. The smallest absolute Gasteiger partial charge is 0.104 e. The van der Waals surface area contributed by atoms with E-state index in [-0.39, 0.29) is 6.61 Å². The molecule has 0 amide bonds. The van der Waals surface area contributed by atoms with Crippen LogP contribution in [-0.2, 0) is 6.54 Å². The summed E-state index contributed by atoms with van der Waals surface area (Å²) in [5.41, 5.74) is 7.51. The standard InChI is InChI=1S/C15H21ClN2OS/c16-14-9-11(15(17)20)5-6-12(14)10-18(7-2-8-19)13-3-1-4-13/h5-6,9,13,19H,1-4,7-8,10H2,(H2,17,20). The largest absolute Gasteiger partial charge is 0.396 e. The van der Waals surface area contributed by atoms with Gasteiger partial charge in [0.15, 0.2) is 0 Å². The highest BCUT2D eigenvalue weighted by atomic mass is 35.5. The van der Waals surface area contributed by atoms with Gasteiger partial charge in [-0.25, -0.2) is 0 Å². The van der Waals surface area contributed by atoms with Crippen LogP contribution in [0.15, 0.2) is 18.2 Å². The maximum absolute atomic E-state index is 9.02. The summed E-state index contributed by atoms with van der Waals surface area (Å²) in [6.45, 7) is 1.97. The third-order valence-corrected chi connectivity index (χ3v) is 4.49. The van der Waals surface area contributed by atoms with E-state index >= 15 is 0 Å². The predicted molar refractivity (Wildman–Crippen MR) is 87.1 cm³/mol. The van der Waals surface area contributed by atoms with Gasteiger partial charge in [-0.15, -0.1) is 0 Å². The molecule has 1 fully saturated rings. The minimum Gasteiger partial charge on any atom is -0.396 e. The average Bonchev–Trinajstić information content (AvgIpc) is 2.35. The van der Waals surface area contributed by atoms with Gasteiger partial charge >= 0.3 is 0 Å². The van der Waals surface area contributed by atoms with Crippen LogP contribution in [0.5, 0.6) is 0 Å². The van der Waals surface area contributed by atoms with E-state index in [4.69, 9.17) is 34.7 Å². The number of aliphatic hydroxyl groups is 1. The highest BCUT2D eigenvalue weighted by Crippen LogP contribution is 2.28. The summed E-state index contributed by atoms with van der Waals surface area (Å²) in [7, 11) is 0. The highest BCUT2D eigenvalue weighted by molar-refractivity contribution is 7.80. The maximum Gasteiger partial charge on any atom is 0.104 e. The lowest BCUT2D eigenvalue weighted by molar-refractivity contribution is 0.109. The number of hydrogen-bond acceptors (Lipinski definition) is 3. The second kappa shape index (κ2) is 7.36. The van der Waals surface area contributed by atoms with Gasteiger partial charge in [0.1, 0.15) is 4.99 Å². The van der Waals surface area contributed by atoms with Gasteiger partial charge in [-0.2, -0.15) is 0 Å². The van der Waals surface area contributed by atoms with Crippen molar-refractivity contribution in [1.82, 2.24) is 4.90 Å². The number of benzene rings is 1. The average molecular weight is 313 g/mol. The Kier molecular flexibility index (Phi) is 5.78. The number of nitrogens with two attached hydrogens (primary N) is 1. The summed E-state index contributed by atoms with van der Waals surface area (Å²) < 4.78 is 0. The first-order chi connectivity index (χ1) is 9.61. The molecular formula is C15H21ClN2OS. The monoisotopic (exact) mass is 312 g/mol. The van der Waals surface area contributed by atoms with Gasteiger partial charge in [-0.3, -0.25) is 4.90 Å². The minimum atomic E-state index is 0.233. The first-order valence-electron chi connectivity index (χ1n) is 7.05. The van der Waals surface area contributed by atoms with E-state index in [0.717, 1.165) is 30.6 Å². The van der Waals surface area contributed by atoms with Crippen LogP contribution < -0.4 is 5.73 Å². The molecule has 0 radical (unpaired) electrons. The van der Waals surface area contributed by atoms with Crippen molar-refractivity contribution >= 4 is 28.8 Å². The molecule has 0 saturated heterocycles. The van der Waals surface area contributed by atoms with E-state index in [2.05, 4.69) is 4.90 Å². The summed E-state index contributed by atoms with van der Waals surface area (Å²) in [5.74, 6) is 0. The highest BCUT2D eigenvalue weighted by Gasteiger charge is 2.25. The van der Waals surface area contributed by atoms with Gasteiger partial charge in [0.25, 0.3) is 0 Å². The molecule has 2 rings (SSSR count). The Hall–Kier alpha value is -0.680. The molecule has 1 aliphatic rings. The van der Waals surface area contributed by atoms with Crippen LogP contribution in [0.25, 0.3) is 0 Å². The topological polar surface area (TPSA) is 49.5 Å². The molecule has 5 heteroatoms. The lowest BCUT2D eigenvalue weighted by Crippen LogP contribution is -2.40. The molecule has 1 aliphatic carbocycles. The van der Waals surface area contributed by atoms with Crippen molar-refractivity contribution in [1.29, 1.82) is 0 Å². The van der Waals surface area contributed by atoms with Crippen LogP contribution in [0.2, 0.25) is 5.02 Å². The van der Waals surface area contributed by atoms with Crippen LogP contribution in [0.1, 0.15) is 36.8 Å². The Labute approximate surface area is 130 Å². The van der Waals surface area contributed by atoms with Crippen molar-refractivity contribution in [2.45, 2.75) is 38.3 Å². The predicted octanol–water partition coefficient (Wildman–Crippen LogP) is 2.71. The van der Waals surface area contributed by atoms with Crippen molar-refractivity contribution in [3.63, 3.8) is 0 Å². The number of aliphatic hydroxyl groups excluding tert-OH is 1. The molecule has 0 bridgehead atoms. The number of rotatable bonds is 7. The minimum absolute atomic E-state index is 0.233. The molecular weight excluding hydrogens is 292 g/mol. The first-order valence-corrected chi connectivity index (χ1v) is 7.83. The normalized spacial score (nSPS) is 15.3.